The zero-order valence-electron chi connectivity index (χ0n) is 15.9. The number of hydrogen-bond acceptors (Lipinski definition) is 4. The zero-order valence-corrected chi connectivity index (χ0v) is 15.9. The van der Waals surface area contributed by atoms with Crippen LogP contribution in [0.5, 0.6) is 0 Å². The van der Waals surface area contributed by atoms with Crippen LogP contribution < -0.4 is 16.0 Å². The fraction of sp³-hybridized carbons (Fsp3) is 0.0909. The molecule has 1 aliphatic heterocycles. The van der Waals surface area contributed by atoms with Crippen LogP contribution in [0.15, 0.2) is 65.7 Å². The van der Waals surface area contributed by atoms with Gasteiger partial charge in [0, 0.05) is 22.5 Å². The minimum atomic E-state index is -0.417. The third-order valence-corrected chi connectivity index (χ3v) is 4.86. The molecule has 3 amide bonds. The largest absolute Gasteiger partial charge is 0.390 e. The number of nitrogens with one attached hydrogen (secondary N) is 2. The molecule has 0 radical (unpaired) electrons. The van der Waals surface area contributed by atoms with E-state index in [1.807, 2.05) is 18.2 Å². The van der Waals surface area contributed by atoms with Crippen molar-refractivity contribution < 1.29 is 14.7 Å². The van der Waals surface area contributed by atoms with Gasteiger partial charge in [-0.25, -0.2) is 4.79 Å². The summed E-state index contributed by atoms with van der Waals surface area (Å²) in [7, 11) is 0. The van der Waals surface area contributed by atoms with Gasteiger partial charge in [0.2, 0.25) is 0 Å². The number of anilines is 2. The van der Waals surface area contributed by atoms with E-state index >= 15 is 0 Å². The average molecular weight is 401 g/mol. The van der Waals surface area contributed by atoms with E-state index in [9.17, 15) is 9.59 Å². The summed E-state index contributed by atoms with van der Waals surface area (Å²) >= 11 is 0. The SMILES string of the molecule is N=C(N)c1ccc2cc(C(=O)Nc3ccc(N4CC(CO)=NC4=O)cc3)ccc2c1. The Morgan fingerprint density at radius 3 is 2.30 bits per heavy atom. The molecule has 0 aliphatic carbocycles. The highest BCUT2D eigenvalue weighted by molar-refractivity contribution is 6.12. The number of benzene rings is 3. The molecule has 150 valence electrons. The Morgan fingerprint density at radius 2 is 1.70 bits per heavy atom. The molecule has 0 fully saturated rings. The second kappa shape index (κ2) is 7.76. The van der Waals surface area contributed by atoms with Gasteiger partial charge < -0.3 is 16.2 Å². The van der Waals surface area contributed by atoms with Crippen LogP contribution in [0.2, 0.25) is 0 Å². The van der Waals surface area contributed by atoms with Crippen molar-refractivity contribution in [1.29, 1.82) is 5.41 Å². The van der Waals surface area contributed by atoms with Crippen molar-refractivity contribution in [1.82, 2.24) is 0 Å². The molecule has 1 heterocycles. The summed E-state index contributed by atoms with van der Waals surface area (Å²) in [6.45, 7) is 0.00166. The van der Waals surface area contributed by atoms with Gasteiger partial charge in [-0.05, 0) is 53.2 Å². The number of nitrogens with two attached hydrogens (primary N) is 1. The Kier molecular flexibility index (Phi) is 4.99. The summed E-state index contributed by atoms with van der Waals surface area (Å²) < 4.78 is 0. The lowest BCUT2D eigenvalue weighted by molar-refractivity contribution is 0.102. The molecule has 0 spiro atoms. The van der Waals surface area contributed by atoms with Gasteiger partial charge in [0.1, 0.15) is 5.84 Å². The maximum absolute atomic E-state index is 12.6. The van der Waals surface area contributed by atoms with Gasteiger partial charge in [0.15, 0.2) is 0 Å². The van der Waals surface area contributed by atoms with Crippen molar-refractivity contribution in [3.05, 3.63) is 71.8 Å². The van der Waals surface area contributed by atoms with Crippen LogP contribution in [-0.2, 0) is 0 Å². The number of urea groups is 1. The van der Waals surface area contributed by atoms with E-state index in [0.29, 0.717) is 28.2 Å². The normalized spacial score (nSPS) is 13.4. The molecule has 0 saturated heterocycles. The highest BCUT2D eigenvalue weighted by Gasteiger charge is 2.24. The van der Waals surface area contributed by atoms with Gasteiger partial charge >= 0.3 is 6.03 Å². The Labute approximate surface area is 172 Å². The number of aliphatic hydroxyl groups is 1. The number of nitrogens with zero attached hydrogens (tertiary/aromatic N) is 2. The third kappa shape index (κ3) is 3.76. The maximum Gasteiger partial charge on any atom is 0.348 e. The van der Waals surface area contributed by atoms with E-state index in [2.05, 4.69) is 10.3 Å². The minimum Gasteiger partial charge on any atom is -0.390 e. The molecule has 0 atom stereocenters. The number of aliphatic hydroxyl groups excluding tert-OH is 1. The zero-order chi connectivity index (χ0) is 21.3. The average Bonchev–Trinajstić information content (AvgIpc) is 3.14. The van der Waals surface area contributed by atoms with E-state index in [4.69, 9.17) is 16.2 Å². The molecule has 1 aliphatic rings. The Bertz CT molecular complexity index is 1200. The van der Waals surface area contributed by atoms with Crippen LogP contribution >= 0.6 is 0 Å². The summed E-state index contributed by atoms with van der Waals surface area (Å²) in [6, 6.07) is 17.1. The number of hydrogen-bond donors (Lipinski definition) is 4. The number of amidine groups is 1. The molecule has 8 nitrogen and oxygen atoms in total. The predicted molar refractivity (Wildman–Crippen MR) is 117 cm³/mol. The summed E-state index contributed by atoms with van der Waals surface area (Å²) in [5, 5.41) is 21.3. The smallest absolute Gasteiger partial charge is 0.348 e. The summed E-state index contributed by atoms with van der Waals surface area (Å²) in [4.78, 5) is 29.8. The molecule has 0 aromatic heterocycles. The second-order valence-corrected chi connectivity index (χ2v) is 6.90. The standard InChI is InChI=1S/C22H19N5O3/c23-20(24)15-3-1-14-10-16(4-2-13(14)9-15)21(29)25-17-5-7-19(8-6-17)27-11-18(12-28)26-22(27)30/h1-10,28H,11-12H2,(H3,23,24)(H,25,29). The van der Waals surface area contributed by atoms with Crippen molar-refractivity contribution in [2.45, 2.75) is 0 Å². The first kappa shape index (κ1) is 19.3. The Morgan fingerprint density at radius 1 is 1.07 bits per heavy atom. The quantitative estimate of drug-likeness (QED) is 0.386. The Balaban J connectivity index is 1.48. The van der Waals surface area contributed by atoms with Crippen LogP contribution in [0.3, 0.4) is 0 Å². The van der Waals surface area contributed by atoms with Gasteiger partial charge in [-0.2, -0.15) is 4.99 Å². The lowest BCUT2D eigenvalue weighted by Gasteiger charge is -2.15. The van der Waals surface area contributed by atoms with Crippen molar-refractivity contribution in [3.8, 4) is 0 Å². The maximum atomic E-state index is 12.6. The van der Waals surface area contributed by atoms with Crippen LogP contribution in [0.4, 0.5) is 16.2 Å². The highest BCUT2D eigenvalue weighted by Crippen LogP contribution is 2.23. The first-order valence-electron chi connectivity index (χ1n) is 9.23. The number of aliphatic imine (C=N–C) groups is 1. The molecule has 0 unspecified atom stereocenters. The van der Waals surface area contributed by atoms with Crippen molar-refractivity contribution in [3.63, 3.8) is 0 Å². The van der Waals surface area contributed by atoms with E-state index in [1.54, 1.807) is 42.5 Å². The summed E-state index contributed by atoms with van der Waals surface area (Å²) in [6.07, 6.45) is 0. The predicted octanol–water partition coefficient (Wildman–Crippen LogP) is 2.75. The third-order valence-electron chi connectivity index (χ3n) is 4.86. The van der Waals surface area contributed by atoms with Gasteiger partial charge in [0.25, 0.3) is 5.91 Å². The molecule has 8 heteroatoms. The monoisotopic (exact) mass is 401 g/mol. The summed E-state index contributed by atoms with van der Waals surface area (Å²) in [5.74, 6) is -0.264. The lowest BCUT2D eigenvalue weighted by Crippen LogP contribution is -2.26. The second-order valence-electron chi connectivity index (χ2n) is 6.90. The first-order chi connectivity index (χ1) is 14.4. The van der Waals surface area contributed by atoms with Gasteiger partial charge in [-0.3, -0.25) is 15.1 Å². The topological polar surface area (TPSA) is 132 Å². The number of rotatable bonds is 5. The number of nitrogen functional groups attached to an aromatic ring is 1. The van der Waals surface area contributed by atoms with Crippen LogP contribution in [0, 0.1) is 5.41 Å². The number of fused-ring (bicyclic) bond motifs is 1. The van der Waals surface area contributed by atoms with Crippen molar-refractivity contribution >= 4 is 45.6 Å². The van der Waals surface area contributed by atoms with E-state index in [0.717, 1.165) is 10.8 Å². The minimum absolute atomic E-state index is 0.00283. The van der Waals surface area contributed by atoms with Gasteiger partial charge in [0.05, 0.1) is 18.9 Å². The molecule has 3 aromatic carbocycles. The van der Waals surface area contributed by atoms with E-state index in [-0.39, 0.29) is 24.9 Å². The molecule has 3 aromatic rings. The van der Waals surface area contributed by atoms with Crippen LogP contribution in [0.1, 0.15) is 15.9 Å². The van der Waals surface area contributed by atoms with E-state index < -0.39 is 6.03 Å². The van der Waals surface area contributed by atoms with E-state index in [1.165, 1.54) is 4.90 Å². The molecule has 5 N–H and O–H groups in total. The number of carbonyl (C=O) groups excluding carboxylic acids is 2. The fourth-order valence-electron chi connectivity index (χ4n) is 3.25. The summed E-state index contributed by atoms with van der Waals surface area (Å²) in [5.41, 5.74) is 8.30. The van der Waals surface area contributed by atoms with Crippen LogP contribution in [0.25, 0.3) is 10.8 Å². The fourth-order valence-corrected chi connectivity index (χ4v) is 3.25. The van der Waals surface area contributed by atoms with Crippen LogP contribution in [-0.4, -0.2) is 41.7 Å². The molecule has 4 rings (SSSR count). The van der Waals surface area contributed by atoms with Gasteiger partial charge in [-0.15, -0.1) is 0 Å². The number of carbonyl (C=O) groups is 2. The molecule has 0 saturated carbocycles. The van der Waals surface area contributed by atoms with Gasteiger partial charge in [-0.1, -0.05) is 18.2 Å². The Hall–Kier alpha value is -4.04. The molecule has 30 heavy (non-hydrogen) atoms. The highest BCUT2D eigenvalue weighted by atomic mass is 16.3. The number of amides is 3. The van der Waals surface area contributed by atoms with Crippen molar-refractivity contribution in [2.24, 2.45) is 10.7 Å². The van der Waals surface area contributed by atoms with Crippen molar-refractivity contribution in [2.75, 3.05) is 23.4 Å². The first-order valence-corrected chi connectivity index (χ1v) is 9.23. The lowest BCUT2D eigenvalue weighted by atomic mass is 10.0. The molecular weight excluding hydrogens is 382 g/mol. The molecular formula is C22H19N5O3. The molecule has 0 bridgehead atoms.